The van der Waals surface area contributed by atoms with Crippen LogP contribution in [0.4, 0.5) is 0 Å². The molecule has 0 aliphatic carbocycles. The van der Waals surface area contributed by atoms with Crippen LogP contribution in [0.2, 0.25) is 0 Å². The van der Waals surface area contributed by atoms with Crippen LogP contribution in [-0.2, 0) is 6.42 Å². The fourth-order valence-corrected chi connectivity index (χ4v) is 2.17. The Hall–Kier alpha value is -2.60. The van der Waals surface area contributed by atoms with Gasteiger partial charge in [-0.3, -0.25) is 15.6 Å². The Kier molecular flexibility index (Phi) is 6.38. The molecule has 2 rings (SSSR count). The Morgan fingerprint density at radius 1 is 1.04 bits per heavy atom. The van der Waals surface area contributed by atoms with Gasteiger partial charge < -0.3 is 10.4 Å². The molecule has 23 heavy (non-hydrogen) atoms. The summed E-state index contributed by atoms with van der Waals surface area (Å²) in [7, 11) is 0. The minimum atomic E-state index is -0.366. The van der Waals surface area contributed by atoms with Gasteiger partial charge in [-0.15, -0.1) is 0 Å². The molecule has 0 fully saturated rings. The molecule has 0 heterocycles. The first-order valence-electron chi connectivity index (χ1n) is 7.32. The minimum Gasteiger partial charge on any atom is -0.508 e. The van der Waals surface area contributed by atoms with Crippen molar-refractivity contribution in [2.45, 2.75) is 12.8 Å². The van der Waals surface area contributed by atoms with Crippen LogP contribution in [0.1, 0.15) is 22.3 Å². The number of nitrogens with one attached hydrogen (secondary N) is 3. The Morgan fingerprint density at radius 2 is 1.83 bits per heavy atom. The third-order valence-corrected chi connectivity index (χ3v) is 3.41. The molecule has 4 N–H and O–H groups in total. The second-order valence-corrected chi connectivity index (χ2v) is 5.38. The molecule has 2 aromatic carbocycles. The molecule has 0 saturated heterocycles. The maximum absolute atomic E-state index is 11.8. The number of rotatable bonds is 5. The van der Waals surface area contributed by atoms with Gasteiger partial charge >= 0.3 is 0 Å². The second kappa shape index (κ2) is 8.75. The van der Waals surface area contributed by atoms with E-state index < -0.39 is 0 Å². The summed E-state index contributed by atoms with van der Waals surface area (Å²) in [4.78, 5) is 11.8. The number of benzene rings is 2. The van der Waals surface area contributed by atoms with Crippen molar-refractivity contribution in [3.63, 3.8) is 0 Å². The van der Waals surface area contributed by atoms with Crippen LogP contribution in [0.15, 0.2) is 54.6 Å². The summed E-state index contributed by atoms with van der Waals surface area (Å²) in [6.07, 6.45) is 1.90. The fourth-order valence-electron chi connectivity index (χ4n) is 2.02. The Labute approximate surface area is 140 Å². The van der Waals surface area contributed by atoms with Crippen molar-refractivity contribution < 1.29 is 9.90 Å². The predicted molar refractivity (Wildman–Crippen MR) is 94.1 cm³/mol. The van der Waals surface area contributed by atoms with Crippen molar-refractivity contribution in [1.29, 1.82) is 0 Å². The second-order valence-electron chi connectivity index (χ2n) is 4.97. The number of aryl methyl sites for hydroxylation is 1. The fraction of sp³-hybridized carbons (Fsp3) is 0.176. The minimum absolute atomic E-state index is 0.0410. The molecule has 5 nitrogen and oxygen atoms in total. The SMILES string of the molecule is O=C(NNC(=S)NCCCc1ccccc1)c1cccc(O)c1. The van der Waals surface area contributed by atoms with Crippen LogP contribution >= 0.6 is 12.2 Å². The summed E-state index contributed by atoms with van der Waals surface area (Å²) in [5, 5.41) is 12.7. The molecule has 0 aliphatic rings. The summed E-state index contributed by atoms with van der Waals surface area (Å²) in [5.74, 6) is -0.325. The third-order valence-electron chi connectivity index (χ3n) is 3.17. The predicted octanol–water partition coefficient (Wildman–Crippen LogP) is 2.13. The van der Waals surface area contributed by atoms with E-state index in [1.54, 1.807) is 12.1 Å². The number of phenolic OH excluding ortho intramolecular Hbond substituents is 1. The van der Waals surface area contributed by atoms with E-state index in [4.69, 9.17) is 12.2 Å². The van der Waals surface area contributed by atoms with Crippen LogP contribution in [-0.4, -0.2) is 22.7 Å². The van der Waals surface area contributed by atoms with Crippen molar-refractivity contribution >= 4 is 23.2 Å². The highest BCUT2D eigenvalue weighted by Crippen LogP contribution is 2.10. The Morgan fingerprint density at radius 3 is 2.57 bits per heavy atom. The average molecular weight is 329 g/mol. The quantitative estimate of drug-likeness (QED) is 0.384. The lowest BCUT2D eigenvalue weighted by atomic mass is 10.1. The zero-order chi connectivity index (χ0) is 16.5. The summed E-state index contributed by atoms with van der Waals surface area (Å²) >= 11 is 5.09. The summed E-state index contributed by atoms with van der Waals surface area (Å²) < 4.78 is 0. The van der Waals surface area contributed by atoms with Gasteiger partial charge in [0.25, 0.3) is 5.91 Å². The number of carbonyl (C=O) groups is 1. The molecule has 0 atom stereocenters. The molecule has 0 aromatic heterocycles. The molecule has 2 aromatic rings. The van der Waals surface area contributed by atoms with Gasteiger partial charge in [0, 0.05) is 12.1 Å². The first-order chi connectivity index (χ1) is 11.1. The third kappa shape index (κ3) is 5.96. The van der Waals surface area contributed by atoms with Crippen LogP contribution in [0.5, 0.6) is 5.75 Å². The van der Waals surface area contributed by atoms with Gasteiger partial charge in [-0.2, -0.15) is 0 Å². The van der Waals surface area contributed by atoms with Gasteiger partial charge in [-0.05, 0) is 48.8 Å². The van der Waals surface area contributed by atoms with E-state index in [2.05, 4.69) is 28.3 Å². The zero-order valence-electron chi connectivity index (χ0n) is 12.6. The molecule has 1 amide bonds. The van der Waals surface area contributed by atoms with Gasteiger partial charge in [0.05, 0.1) is 0 Å². The number of phenols is 1. The Bertz CT molecular complexity index is 662. The molecule has 0 radical (unpaired) electrons. The van der Waals surface area contributed by atoms with Gasteiger partial charge in [0.15, 0.2) is 5.11 Å². The van der Waals surface area contributed by atoms with E-state index in [0.717, 1.165) is 12.8 Å². The molecule has 120 valence electrons. The standard InChI is InChI=1S/C17H19N3O2S/c21-15-10-4-9-14(12-15)16(22)19-20-17(23)18-11-5-8-13-6-2-1-3-7-13/h1-4,6-7,9-10,12,21H,5,8,11H2,(H,19,22)(H2,18,20,23). The number of hydrazine groups is 1. The highest BCUT2D eigenvalue weighted by atomic mass is 32.1. The number of aromatic hydroxyl groups is 1. The van der Waals surface area contributed by atoms with Crippen molar-refractivity contribution in [3.8, 4) is 5.75 Å². The van der Waals surface area contributed by atoms with Gasteiger partial charge in [0.1, 0.15) is 5.75 Å². The van der Waals surface area contributed by atoms with Crippen molar-refractivity contribution in [2.75, 3.05) is 6.54 Å². The Balaban J connectivity index is 1.64. The van der Waals surface area contributed by atoms with Crippen molar-refractivity contribution in [1.82, 2.24) is 16.2 Å². The lowest BCUT2D eigenvalue weighted by Crippen LogP contribution is -2.47. The van der Waals surface area contributed by atoms with Gasteiger partial charge in [-0.25, -0.2) is 0 Å². The van der Waals surface area contributed by atoms with Crippen LogP contribution < -0.4 is 16.2 Å². The highest BCUT2D eigenvalue weighted by Gasteiger charge is 2.06. The highest BCUT2D eigenvalue weighted by molar-refractivity contribution is 7.80. The lowest BCUT2D eigenvalue weighted by Gasteiger charge is -2.11. The molecule has 0 aliphatic heterocycles. The monoisotopic (exact) mass is 329 g/mol. The molecular weight excluding hydrogens is 310 g/mol. The maximum atomic E-state index is 11.8. The van der Waals surface area contributed by atoms with Crippen LogP contribution in [0, 0.1) is 0 Å². The summed E-state index contributed by atoms with van der Waals surface area (Å²) in [5.41, 5.74) is 6.75. The van der Waals surface area contributed by atoms with E-state index in [0.29, 0.717) is 17.2 Å². The van der Waals surface area contributed by atoms with Gasteiger partial charge in [0.2, 0.25) is 0 Å². The van der Waals surface area contributed by atoms with Crippen LogP contribution in [0.3, 0.4) is 0 Å². The van der Waals surface area contributed by atoms with Crippen molar-refractivity contribution in [2.24, 2.45) is 0 Å². The molecule has 0 saturated carbocycles. The first kappa shape index (κ1) is 16.8. The molecule has 6 heteroatoms. The van der Waals surface area contributed by atoms with Crippen molar-refractivity contribution in [3.05, 3.63) is 65.7 Å². The van der Waals surface area contributed by atoms with E-state index >= 15 is 0 Å². The van der Waals surface area contributed by atoms with E-state index in [9.17, 15) is 9.90 Å². The normalized spacial score (nSPS) is 9.91. The lowest BCUT2D eigenvalue weighted by molar-refractivity contribution is 0.0943. The smallest absolute Gasteiger partial charge is 0.269 e. The number of hydrogen-bond donors (Lipinski definition) is 4. The number of carbonyl (C=O) groups excluding carboxylic acids is 1. The van der Waals surface area contributed by atoms with E-state index in [-0.39, 0.29) is 11.7 Å². The maximum Gasteiger partial charge on any atom is 0.269 e. The largest absolute Gasteiger partial charge is 0.508 e. The topological polar surface area (TPSA) is 73.4 Å². The molecule has 0 unspecified atom stereocenters. The van der Waals surface area contributed by atoms with E-state index in [1.807, 2.05) is 18.2 Å². The molecular formula is C17H19N3O2S. The number of hydrogen-bond acceptors (Lipinski definition) is 3. The van der Waals surface area contributed by atoms with Gasteiger partial charge in [-0.1, -0.05) is 36.4 Å². The molecule has 0 bridgehead atoms. The number of amides is 1. The van der Waals surface area contributed by atoms with Crippen LogP contribution in [0.25, 0.3) is 0 Å². The average Bonchev–Trinajstić information content (AvgIpc) is 2.57. The summed E-state index contributed by atoms with van der Waals surface area (Å²) in [6.45, 7) is 0.711. The zero-order valence-corrected chi connectivity index (χ0v) is 13.4. The molecule has 0 spiro atoms. The summed E-state index contributed by atoms with van der Waals surface area (Å²) in [6, 6.07) is 16.3. The first-order valence-corrected chi connectivity index (χ1v) is 7.73. The number of thiocarbonyl (C=S) groups is 1. The van der Waals surface area contributed by atoms with E-state index in [1.165, 1.54) is 17.7 Å².